The number of nitrogens with one attached hydrogen (secondary N) is 1. The van der Waals surface area contributed by atoms with E-state index in [9.17, 15) is 0 Å². The van der Waals surface area contributed by atoms with E-state index in [0.717, 1.165) is 6.54 Å². The minimum absolute atomic E-state index is 0.655. The Hall–Kier alpha value is -1.02. The van der Waals surface area contributed by atoms with Crippen LogP contribution < -0.4 is 10.2 Å². The topological polar surface area (TPSA) is 15.3 Å². The van der Waals surface area contributed by atoms with Crippen LogP contribution in [0.4, 0.5) is 5.69 Å². The summed E-state index contributed by atoms with van der Waals surface area (Å²) in [6.07, 6.45) is 7.70. The van der Waals surface area contributed by atoms with Gasteiger partial charge in [-0.25, -0.2) is 0 Å². The summed E-state index contributed by atoms with van der Waals surface area (Å²) < 4.78 is 0. The van der Waals surface area contributed by atoms with E-state index < -0.39 is 0 Å². The van der Waals surface area contributed by atoms with Gasteiger partial charge in [-0.1, -0.05) is 26.3 Å². The van der Waals surface area contributed by atoms with E-state index >= 15 is 0 Å². The van der Waals surface area contributed by atoms with Crippen LogP contribution in [0.1, 0.15) is 50.7 Å². The minimum atomic E-state index is 0.655. The standard InChI is InChI=1S/C18H28N2/c1-3-6-16-13-20(17(4-2)12-19-16)18-10-9-14-7-5-8-15(14)11-18/h9-11,16-17,19H,3-8,12-13H2,1-2H3. The maximum Gasteiger partial charge on any atom is 0.0412 e. The van der Waals surface area contributed by atoms with E-state index in [0.29, 0.717) is 12.1 Å². The molecular formula is C18H28N2. The molecule has 1 aliphatic heterocycles. The molecule has 0 saturated carbocycles. The van der Waals surface area contributed by atoms with Gasteiger partial charge in [-0.3, -0.25) is 0 Å². The van der Waals surface area contributed by atoms with Gasteiger partial charge >= 0.3 is 0 Å². The second-order valence-corrected chi connectivity index (χ2v) is 6.41. The van der Waals surface area contributed by atoms with Crippen molar-refractivity contribution >= 4 is 5.69 Å². The molecule has 0 amide bonds. The molecule has 2 heteroatoms. The molecule has 2 aliphatic rings. The lowest BCUT2D eigenvalue weighted by Gasteiger charge is -2.42. The molecular weight excluding hydrogens is 244 g/mol. The van der Waals surface area contributed by atoms with Crippen molar-refractivity contribution in [3.63, 3.8) is 0 Å². The first-order valence-electron chi connectivity index (χ1n) is 8.43. The van der Waals surface area contributed by atoms with Gasteiger partial charge in [0.15, 0.2) is 0 Å². The Morgan fingerprint density at radius 2 is 2.05 bits per heavy atom. The SMILES string of the molecule is CCCC1CN(c2ccc3c(c2)CCC3)C(CC)CN1. The number of hydrogen-bond acceptors (Lipinski definition) is 2. The summed E-state index contributed by atoms with van der Waals surface area (Å²) in [5.41, 5.74) is 4.64. The van der Waals surface area contributed by atoms with E-state index in [2.05, 4.69) is 42.3 Å². The minimum Gasteiger partial charge on any atom is -0.366 e. The van der Waals surface area contributed by atoms with Crippen LogP contribution in [0.25, 0.3) is 0 Å². The fourth-order valence-electron chi connectivity index (χ4n) is 3.82. The molecule has 1 aromatic carbocycles. The molecule has 0 aromatic heterocycles. The summed E-state index contributed by atoms with van der Waals surface area (Å²) in [7, 11) is 0. The number of fused-ring (bicyclic) bond motifs is 1. The lowest BCUT2D eigenvalue weighted by atomic mass is 10.0. The van der Waals surface area contributed by atoms with Gasteiger partial charge in [0.2, 0.25) is 0 Å². The smallest absolute Gasteiger partial charge is 0.0412 e. The number of rotatable bonds is 4. The zero-order valence-corrected chi connectivity index (χ0v) is 13.0. The maximum absolute atomic E-state index is 3.73. The average Bonchev–Trinajstić information content (AvgIpc) is 2.95. The van der Waals surface area contributed by atoms with Gasteiger partial charge < -0.3 is 10.2 Å². The summed E-state index contributed by atoms with van der Waals surface area (Å²) in [6.45, 7) is 6.91. The molecule has 2 atom stereocenters. The van der Waals surface area contributed by atoms with Gasteiger partial charge in [0.25, 0.3) is 0 Å². The van der Waals surface area contributed by atoms with Gasteiger partial charge in [0, 0.05) is 30.9 Å². The lowest BCUT2D eigenvalue weighted by molar-refractivity contribution is 0.369. The summed E-state index contributed by atoms with van der Waals surface area (Å²) in [4.78, 5) is 2.66. The molecule has 3 rings (SSSR count). The second-order valence-electron chi connectivity index (χ2n) is 6.41. The largest absolute Gasteiger partial charge is 0.366 e. The molecule has 0 bridgehead atoms. The highest BCUT2D eigenvalue weighted by Crippen LogP contribution is 2.29. The van der Waals surface area contributed by atoms with Crippen molar-refractivity contribution in [2.24, 2.45) is 0 Å². The first kappa shape index (κ1) is 13.9. The number of aryl methyl sites for hydroxylation is 2. The molecule has 2 unspecified atom stereocenters. The summed E-state index contributed by atoms with van der Waals surface area (Å²) in [5.74, 6) is 0. The van der Waals surface area contributed by atoms with Gasteiger partial charge in [-0.15, -0.1) is 0 Å². The van der Waals surface area contributed by atoms with Crippen molar-refractivity contribution in [1.29, 1.82) is 0 Å². The molecule has 1 fully saturated rings. The zero-order chi connectivity index (χ0) is 13.9. The molecule has 20 heavy (non-hydrogen) atoms. The number of anilines is 1. The molecule has 1 heterocycles. The van der Waals surface area contributed by atoms with Crippen LogP contribution in [0, 0.1) is 0 Å². The Bertz CT molecular complexity index is 455. The predicted molar refractivity (Wildman–Crippen MR) is 86.6 cm³/mol. The molecule has 0 spiro atoms. The second kappa shape index (κ2) is 6.17. The van der Waals surface area contributed by atoms with E-state index in [1.807, 2.05) is 0 Å². The average molecular weight is 272 g/mol. The maximum atomic E-state index is 3.73. The summed E-state index contributed by atoms with van der Waals surface area (Å²) in [5, 5.41) is 3.73. The molecule has 2 nitrogen and oxygen atoms in total. The number of benzene rings is 1. The van der Waals surface area contributed by atoms with Crippen LogP contribution in [0.2, 0.25) is 0 Å². The highest BCUT2D eigenvalue weighted by molar-refractivity contribution is 5.53. The Balaban J connectivity index is 1.81. The number of nitrogens with zero attached hydrogens (tertiary/aromatic N) is 1. The van der Waals surface area contributed by atoms with E-state index in [1.165, 1.54) is 50.8 Å². The highest BCUT2D eigenvalue weighted by atomic mass is 15.2. The third-order valence-electron chi connectivity index (χ3n) is 5.02. The number of hydrogen-bond donors (Lipinski definition) is 1. The molecule has 1 aromatic rings. The lowest BCUT2D eigenvalue weighted by Crippen LogP contribution is -2.56. The van der Waals surface area contributed by atoms with Crippen LogP contribution >= 0.6 is 0 Å². The normalized spacial score (nSPS) is 25.8. The molecule has 1 aliphatic carbocycles. The zero-order valence-electron chi connectivity index (χ0n) is 13.0. The Kier molecular flexibility index (Phi) is 4.30. The van der Waals surface area contributed by atoms with E-state index in [-0.39, 0.29) is 0 Å². The third kappa shape index (κ3) is 2.71. The van der Waals surface area contributed by atoms with Crippen LogP contribution in [0.5, 0.6) is 0 Å². The van der Waals surface area contributed by atoms with Gasteiger partial charge in [0.05, 0.1) is 0 Å². The number of piperazine rings is 1. The molecule has 0 radical (unpaired) electrons. The van der Waals surface area contributed by atoms with Crippen molar-refractivity contribution < 1.29 is 0 Å². The molecule has 110 valence electrons. The van der Waals surface area contributed by atoms with Gasteiger partial charge in [-0.05, 0) is 55.4 Å². The van der Waals surface area contributed by atoms with Crippen LogP contribution in [0.3, 0.4) is 0 Å². The molecule has 1 N–H and O–H groups in total. The van der Waals surface area contributed by atoms with Crippen molar-refractivity contribution in [1.82, 2.24) is 5.32 Å². The summed E-state index contributed by atoms with van der Waals surface area (Å²) in [6, 6.07) is 8.53. The highest BCUT2D eigenvalue weighted by Gasteiger charge is 2.27. The van der Waals surface area contributed by atoms with Crippen molar-refractivity contribution in [3.8, 4) is 0 Å². The van der Waals surface area contributed by atoms with Crippen molar-refractivity contribution in [3.05, 3.63) is 29.3 Å². The quantitative estimate of drug-likeness (QED) is 0.902. The van der Waals surface area contributed by atoms with Crippen molar-refractivity contribution in [2.45, 2.75) is 64.5 Å². The van der Waals surface area contributed by atoms with Crippen LogP contribution in [0.15, 0.2) is 18.2 Å². The Morgan fingerprint density at radius 3 is 2.85 bits per heavy atom. The van der Waals surface area contributed by atoms with Crippen LogP contribution in [-0.4, -0.2) is 25.2 Å². The fraction of sp³-hybridized carbons (Fsp3) is 0.667. The Morgan fingerprint density at radius 1 is 1.20 bits per heavy atom. The fourth-order valence-corrected chi connectivity index (χ4v) is 3.82. The first-order chi connectivity index (χ1) is 9.81. The summed E-state index contributed by atoms with van der Waals surface area (Å²) >= 11 is 0. The first-order valence-corrected chi connectivity index (χ1v) is 8.43. The monoisotopic (exact) mass is 272 g/mol. The van der Waals surface area contributed by atoms with Crippen LogP contribution in [-0.2, 0) is 12.8 Å². The Labute approximate surface area is 123 Å². The van der Waals surface area contributed by atoms with E-state index in [4.69, 9.17) is 0 Å². The van der Waals surface area contributed by atoms with E-state index in [1.54, 1.807) is 11.1 Å². The van der Waals surface area contributed by atoms with Gasteiger partial charge in [-0.2, -0.15) is 0 Å². The van der Waals surface area contributed by atoms with Crippen molar-refractivity contribution in [2.75, 3.05) is 18.0 Å². The molecule has 1 saturated heterocycles. The third-order valence-corrected chi connectivity index (χ3v) is 5.02. The predicted octanol–water partition coefficient (Wildman–Crippen LogP) is 3.53. The van der Waals surface area contributed by atoms with Gasteiger partial charge in [0.1, 0.15) is 0 Å².